The average molecular weight is 218 g/mol. The molecule has 0 radical (unpaired) electrons. The fourth-order valence-corrected chi connectivity index (χ4v) is 3.02. The summed E-state index contributed by atoms with van der Waals surface area (Å²) in [5.41, 5.74) is 0. The van der Waals surface area contributed by atoms with Crippen molar-refractivity contribution in [2.45, 2.75) is 39.7 Å². The minimum absolute atomic E-state index is 0.0695. The molecule has 0 unspecified atom stereocenters. The predicted octanol–water partition coefficient (Wildman–Crippen LogP) is 1.35. The van der Waals surface area contributed by atoms with E-state index in [2.05, 4.69) is 0 Å². The summed E-state index contributed by atoms with van der Waals surface area (Å²) in [7, 11) is -3.16. The van der Waals surface area contributed by atoms with Crippen LogP contribution in [0.4, 0.5) is 0 Å². The molecule has 0 aliphatic carbocycles. The van der Waals surface area contributed by atoms with Crippen LogP contribution in [0.1, 0.15) is 33.6 Å². The Morgan fingerprint density at radius 2 is 2.00 bits per heavy atom. The minimum atomic E-state index is -3.16. The fourth-order valence-electron chi connectivity index (χ4n) is 1.25. The molecule has 0 atom stereocenters. The predicted molar refractivity (Wildman–Crippen MR) is 56.1 cm³/mol. The van der Waals surface area contributed by atoms with E-state index in [0.717, 1.165) is 0 Å². The molecule has 0 amide bonds. The van der Waals surface area contributed by atoms with Crippen LogP contribution in [0.5, 0.6) is 0 Å². The van der Waals surface area contributed by atoms with E-state index >= 15 is 0 Å². The van der Waals surface area contributed by atoms with E-state index in [1.54, 1.807) is 0 Å². The van der Waals surface area contributed by atoms with Gasteiger partial charge in [-0.25, -0.2) is 8.42 Å². The van der Waals surface area contributed by atoms with Gasteiger partial charge in [0.1, 0.15) is 0 Å². The zero-order valence-corrected chi connectivity index (χ0v) is 9.84. The van der Waals surface area contributed by atoms with Crippen molar-refractivity contribution < 1.29 is 8.42 Å². The highest BCUT2D eigenvalue weighted by molar-refractivity contribution is 7.89. The Morgan fingerprint density at radius 3 is 2.36 bits per heavy atom. The van der Waals surface area contributed by atoms with Crippen LogP contribution < -0.4 is 0 Å². The summed E-state index contributed by atoms with van der Waals surface area (Å²) in [6.45, 7) is 5.78. The van der Waals surface area contributed by atoms with E-state index in [1.165, 1.54) is 4.31 Å². The van der Waals surface area contributed by atoms with Crippen molar-refractivity contribution in [2.75, 3.05) is 12.3 Å². The molecule has 0 aliphatic heterocycles. The highest BCUT2D eigenvalue weighted by atomic mass is 32.2. The zero-order chi connectivity index (χ0) is 11.2. The first-order chi connectivity index (χ1) is 6.45. The van der Waals surface area contributed by atoms with Crippen LogP contribution in [0.25, 0.3) is 0 Å². The summed E-state index contributed by atoms with van der Waals surface area (Å²) < 4.78 is 24.8. The highest BCUT2D eigenvalue weighted by Crippen LogP contribution is 2.09. The first-order valence-corrected chi connectivity index (χ1v) is 6.43. The molecule has 5 heteroatoms. The number of nitriles is 1. The molecule has 0 aromatic heterocycles. The summed E-state index contributed by atoms with van der Waals surface area (Å²) in [6, 6.07) is 1.89. The summed E-state index contributed by atoms with van der Waals surface area (Å²) in [5, 5.41) is 8.42. The lowest BCUT2D eigenvalue weighted by Gasteiger charge is -2.24. The van der Waals surface area contributed by atoms with Crippen LogP contribution in [-0.4, -0.2) is 31.1 Å². The van der Waals surface area contributed by atoms with Crippen molar-refractivity contribution in [3.8, 4) is 6.07 Å². The van der Waals surface area contributed by atoms with Crippen molar-refractivity contribution >= 4 is 10.0 Å². The van der Waals surface area contributed by atoms with Crippen LogP contribution in [0, 0.1) is 11.3 Å². The zero-order valence-electron chi connectivity index (χ0n) is 9.02. The topological polar surface area (TPSA) is 61.2 Å². The molecule has 0 aromatic rings. The second-order valence-corrected chi connectivity index (χ2v) is 5.47. The average Bonchev–Trinajstić information content (AvgIpc) is 2.03. The van der Waals surface area contributed by atoms with Gasteiger partial charge >= 0.3 is 0 Å². The van der Waals surface area contributed by atoms with E-state index in [-0.39, 0.29) is 18.2 Å². The molecule has 0 saturated heterocycles. The summed E-state index contributed by atoms with van der Waals surface area (Å²) in [6.07, 6.45) is 0.860. The van der Waals surface area contributed by atoms with Gasteiger partial charge in [0.05, 0.1) is 11.8 Å². The third-order valence-corrected chi connectivity index (χ3v) is 4.08. The number of nitrogens with zero attached hydrogens (tertiary/aromatic N) is 2. The number of rotatable bonds is 6. The molecule has 14 heavy (non-hydrogen) atoms. The lowest BCUT2D eigenvalue weighted by Crippen LogP contribution is -2.38. The molecule has 0 aromatic carbocycles. The van der Waals surface area contributed by atoms with Crippen LogP contribution in [0.3, 0.4) is 0 Å². The first-order valence-electron chi connectivity index (χ1n) is 4.82. The number of sulfonamides is 1. The normalized spacial score (nSPS) is 12.0. The summed E-state index contributed by atoms with van der Waals surface area (Å²) in [4.78, 5) is 0. The molecule has 4 nitrogen and oxygen atoms in total. The summed E-state index contributed by atoms with van der Waals surface area (Å²) in [5.74, 6) is 0.163. The van der Waals surface area contributed by atoms with Crippen LogP contribution in [0.2, 0.25) is 0 Å². The Balaban J connectivity index is 4.58. The van der Waals surface area contributed by atoms with Gasteiger partial charge in [0.15, 0.2) is 0 Å². The third kappa shape index (κ3) is 4.07. The fraction of sp³-hybridized carbons (Fsp3) is 0.889. The Morgan fingerprint density at radius 1 is 1.43 bits per heavy atom. The van der Waals surface area contributed by atoms with Gasteiger partial charge in [0, 0.05) is 19.0 Å². The smallest absolute Gasteiger partial charge is 0.212 e. The molecule has 0 saturated carbocycles. The standard InChI is InChI=1S/C9H18N2O2S/c1-4-8-14(12,13)11(9(2)3)7-5-6-10/h9H,4-5,7-8H2,1-3H3. The molecule has 0 heterocycles. The van der Waals surface area contributed by atoms with Gasteiger partial charge in [-0.1, -0.05) is 6.92 Å². The lowest BCUT2D eigenvalue weighted by atomic mass is 10.3. The van der Waals surface area contributed by atoms with Crippen molar-refractivity contribution in [2.24, 2.45) is 0 Å². The van der Waals surface area contributed by atoms with Crippen molar-refractivity contribution in [1.29, 1.82) is 5.26 Å². The van der Waals surface area contributed by atoms with Crippen LogP contribution in [-0.2, 0) is 10.0 Å². The second kappa shape index (κ2) is 5.99. The molecule has 0 bridgehead atoms. The van der Waals surface area contributed by atoms with Crippen molar-refractivity contribution in [1.82, 2.24) is 4.31 Å². The Kier molecular flexibility index (Phi) is 5.73. The Hall–Kier alpha value is -0.600. The van der Waals surface area contributed by atoms with Gasteiger partial charge in [-0.3, -0.25) is 0 Å². The Labute approximate surface area is 86.6 Å². The van der Waals surface area contributed by atoms with E-state index in [9.17, 15) is 8.42 Å². The van der Waals surface area contributed by atoms with Crippen LogP contribution >= 0.6 is 0 Å². The highest BCUT2D eigenvalue weighted by Gasteiger charge is 2.23. The third-order valence-electron chi connectivity index (χ3n) is 1.84. The quantitative estimate of drug-likeness (QED) is 0.676. The second-order valence-electron chi connectivity index (χ2n) is 3.43. The van der Waals surface area contributed by atoms with Gasteiger partial charge in [-0.2, -0.15) is 9.57 Å². The maximum atomic E-state index is 11.7. The minimum Gasteiger partial charge on any atom is -0.212 e. The molecule has 0 fully saturated rings. The van der Waals surface area contributed by atoms with Gasteiger partial charge in [0.2, 0.25) is 10.0 Å². The van der Waals surface area contributed by atoms with Gasteiger partial charge < -0.3 is 0 Å². The lowest BCUT2D eigenvalue weighted by molar-refractivity contribution is 0.360. The molecule has 82 valence electrons. The molecule has 0 N–H and O–H groups in total. The first kappa shape index (κ1) is 13.4. The van der Waals surface area contributed by atoms with Crippen LogP contribution in [0.15, 0.2) is 0 Å². The molecule has 0 rings (SSSR count). The number of hydrogen-bond acceptors (Lipinski definition) is 3. The van der Waals surface area contributed by atoms with E-state index < -0.39 is 10.0 Å². The van der Waals surface area contributed by atoms with E-state index in [4.69, 9.17) is 5.26 Å². The van der Waals surface area contributed by atoms with Gasteiger partial charge in [0.25, 0.3) is 0 Å². The van der Waals surface area contributed by atoms with E-state index in [1.807, 2.05) is 26.8 Å². The molecular formula is C9H18N2O2S. The monoisotopic (exact) mass is 218 g/mol. The SMILES string of the molecule is CCCS(=O)(=O)N(CCC#N)C(C)C. The molecular weight excluding hydrogens is 200 g/mol. The van der Waals surface area contributed by atoms with Crippen molar-refractivity contribution in [3.63, 3.8) is 0 Å². The maximum absolute atomic E-state index is 11.7. The van der Waals surface area contributed by atoms with Gasteiger partial charge in [-0.15, -0.1) is 0 Å². The Bertz CT molecular complexity index is 290. The number of hydrogen-bond donors (Lipinski definition) is 0. The summed E-state index contributed by atoms with van der Waals surface area (Å²) >= 11 is 0. The van der Waals surface area contributed by atoms with Gasteiger partial charge in [-0.05, 0) is 20.3 Å². The van der Waals surface area contributed by atoms with E-state index in [0.29, 0.717) is 13.0 Å². The maximum Gasteiger partial charge on any atom is 0.214 e. The molecule has 0 aliphatic rings. The molecule has 0 spiro atoms. The van der Waals surface area contributed by atoms with Crippen molar-refractivity contribution in [3.05, 3.63) is 0 Å². The largest absolute Gasteiger partial charge is 0.214 e.